The zero-order valence-corrected chi connectivity index (χ0v) is 18.2. The number of carbonyl (C=O) groups excluding carboxylic acids is 2. The summed E-state index contributed by atoms with van der Waals surface area (Å²) >= 11 is 0. The molecule has 0 spiro atoms. The summed E-state index contributed by atoms with van der Waals surface area (Å²) in [6.45, 7) is 1.06. The summed E-state index contributed by atoms with van der Waals surface area (Å²) < 4.78 is 10.5. The number of para-hydroxylation sites is 1. The highest BCUT2D eigenvalue weighted by molar-refractivity contribution is 6.06. The molecule has 0 bridgehead atoms. The lowest BCUT2D eigenvalue weighted by Gasteiger charge is -2.17. The molecule has 0 saturated carbocycles. The Morgan fingerprint density at radius 1 is 0.875 bits per heavy atom. The number of ether oxygens (including phenoxy) is 2. The molecule has 2 amide bonds. The van der Waals surface area contributed by atoms with Gasteiger partial charge in [-0.15, -0.1) is 0 Å². The highest BCUT2D eigenvalue weighted by atomic mass is 16.5. The number of rotatable bonds is 10. The first-order chi connectivity index (χ1) is 15.6. The molecule has 0 aliphatic heterocycles. The van der Waals surface area contributed by atoms with E-state index in [9.17, 15) is 9.59 Å². The molecular weight excluding hydrogens is 406 g/mol. The molecule has 0 atom stereocenters. The molecular formula is C25H27N3O4. The Labute approximate surface area is 188 Å². The van der Waals surface area contributed by atoms with Crippen LogP contribution in [0.5, 0.6) is 5.75 Å². The SMILES string of the molecule is COCCOc1cccc(NCC(=O)Nc2ccc(C(=O)N(C)c3ccccc3)cc2)c1. The van der Waals surface area contributed by atoms with Crippen LogP contribution in [0.1, 0.15) is 10.4 Å². The predicted molar refractivity (Wildman–Crippen MR) is 127 cm³/mol. The van der Waals surface area contributed by atoms with E-state index in [0.29, 0.717) is 30.2 Å². The smallest absolute Gasteiger partial charge is 0.258 e. The predicted octanol–water partition coefficient (Wildman–Crippen LogP) is 4.04. The Balaban J connectivity index is 1.50. The third kappa shape index (κ3) is 6.58. The van der Waals surface area contributed by atoms with Gasteiger partial charge in [-0.3, -0.25) is 9.59 Å². The molecule has 2 N–H and O–H groups in total. The van der Waals surface area contributed by atoms with Crippen LogP contribution in [0.4, 0.5) is 17.1 Å². The molecule has 32 heavy (non-hydrogen) atoms. The minimum atomic E-state index is -0.198. The second-order valence-electron chi connectivity index (χ2n) is 7.05. The third-order valence-electron chi connectivity index (χ3n) is 4.71. The van der Waals surface area contributed by atoms with Crippen LogP contribution in [0.3, 0.4) is 0 Å². The number of methoxy groups -OCH3 is 1. The standard InChI is InChI=1S/C25H27N3O4/c1-28(22-8-4-3-5-9-22)25(30)19-11-13-20(14-12-19)27-24(29)18-26-21-7-6-10-23(17-21)32-16-15-31-2/h3-14,17,26H,15-16,18H2,1-2H3,(H,27,29). The van der Waals surface area contributed by atoms with Gasteiger partial charge in [0, 0.05) is 42.8 Å². The van der Waals surface area contributed by atoms with Crippen LogP contribution in [0.15, 0.2) is 78.9 Å². The van der Waals surface area contributed by atoms with Gasteiger partial charge in [0.25, 0.3) is 5.91 Å². The number of nitrogens with zero attached hydrogens (tertiary/aromatic N) is 1. The van der Waals surface area contributed by atoms with Gasteiger partial charge in [0.1, 0.15) is 12.4 Å². The van der Waals surface area contributed by atoms with Gasteiger partial charge in [-0.25, -0.2) is 0 Å². The Bertz CT molecular complexity index is 1020. The Hall–Kier alpha value is -3.84. The first kappa shape index (κ1) is 22.8. The molecule has 0 aliphatic carbocycles. The van der Waals surface area contributed by atoms with Crippen LogP contribution in [0, 0.1) is 0 Å². The van der Waals surface area contributed by atoms with Gasteiger partial charge in [-0.2, -0.15) is 0 Å². The van der Waals surface area contributed by atoms with Crippen molar-refractivity contribution < 1.29 is 19.1 Å². The van der Waals surface area contributed by atoms with E-state index in [1.54, 1.807) is 43.3 Å². The van der Waals surface area contributed by atoms with E-state index in [-0.39, 0.29) is 18.4 Å². The van der Waals surface area contributed by atoms with Crippen LogP contribution in [-0.2, 0) is 9.53 Å². The van der Waals surface area contributed by atoms with Gasteiger partial charge < -0.3 is 25.0 Å². The molecule has 0 radical (unpaired) electrons. The van der Waals surface area contributed by atoms with Crippen molar-refractivity contribution in [2.24, 2.45) is 0 Å². The summed E-state index contributed by atoms with van der Waals surface area (Å²) in [4.78, 5) is 26.5. The Kier molecular flexibility index (Phi) is 8.22. The average molecular weight is 434 g/mol. The number of nitrogens with one attached hydrogen (secondary N) is 2. The normalized spacial score (nSPS) is 10.3. The number of carbonyl (C=O) groups is 2. The zero-order chi connectivity index (χ0) is 22.8. The van der Waals surface area contributed by atoms with Crippen molar-refractivity contribution in [1.29, 1.82) is 0 Å². The first-order valence-electron chi connectivity index (χ1n) is 10.3. The number of amides is 2. The quantitative estimate of drug-likeness (QED) is 0.472. The van der Waals surface area contributed by atoms with Crippen LogP contribution in [0.2, 0.25) is 0 Å². The summed E-state index contributed by atoms with van der Waals surface area (Å²) in [6.07, 6.45) is 0. The lowest BCUT2D eigenvalue weighted by atomic mass is 10.1. The second-order valence-corrected chi connectivity index (χ2v) is 7.05. The minimum absolute atomic E-state index is 0.0962. The van der Waals surface area contributed by atoms with Crippen LogP contribution in [-0.4, -0.2) is 45.7 Å². The summed E-state index contributed by atoms with van der Waals surface area (Å²) in [5, 5.41) is 5.90. The maximum atomic E-state index is 12.7. The summed E-state index contributed by atoms with van der Waals surface area (Å²) in [5.74, 6) is 0.382. The molecule has 3 aromatic carbocycles. The van der Waals surface area contributed by atoms with E-state index < -0.39 is 0 Å². The van der Waals surface area contributed by atoms with E-state index >= 15 is 0 Å². The average Bonchev–Trinajstić information content (AvgIpc) is 2.83. The number of anilines is 3. The van der Waals surface area contributed by atoms with E-state index in [0.717, 1.165) is 11.4 Å². The fraction of sp³-hybridized carbons (Fsp3) is 0.200. The van der Waals surface area contributed by atoms with Crippen molar-refractivity contribution in [3.05, 3.63) is 84.4 Å². The summed E-state index contributed by atoms with van der Waals surface area (Å²) in [7, 11) is 3.35. The largest absolute Gasteiger partial charge is 0.491 e. The van der Waals surface area contributed by atoms with Crippen LogP contribution >= 0.6 is 0 Å². The van der Waals surface area contributed by atoms with Gasteiger partial charge in [-0.1, -0.05) is 24.3 Å². The lowest BCUT2D eigenvalue weighted by Crippen LogP contribution is -2.26. The monoisotopic (exact) mass is 433 g/mol. The Morgan fingerprint density at radius 3 is 2.34 bits per heavy atom. The van der Waals surface area contributed by atoms with Crippen molar-refractivity contribution in [3.63, 3.8) is 0 Å². The topological polar surface area (TPSA) is 79.9 Å². The highest BCUT2D eigenvalue weighted by Gasteiger charge is 2.13. The van der Waals surface area contributed by atoms with E-state index in [1.807, 2.05) is 54.6 Å². The van der Waals surface area contributed by atoms with Gasteiger partial charge in [0.2, 0.25) is 5.91 Å². The lowest BCUT2D eigenvalue weighted by molar-refractivity contribution is -0.114. The van der Waals surface area contributed by atoms with E-state index in [4.69, 9.17) is 9.47 Å². The molecule has 3 aromatic rings. The molecule has 0 heterocycles. The van der Waals surface area contributed by atoms with Gasteiger partial charge in [0.05, 0.1) is 13.2 Å². The molecule has 3 rings (SSSR count). The maximum Gasteiger partial charge on any atom is 0.258 e. The van der Waals surface area contributed by atoms with Crippen molar-refractivity contribution in [1.82, 2.24) is 0 Å². The van der Waals surface area contributed by atoms with Gasteiger partial charge in [-0.05, 0) is 48.5 Å². The van der Waals surface area contributed by atoms with Crippen molar-refractivity contribution >= 4 is 28.9 Å². The summed E-state index contributed by atoms with van der Waals surface area (Å²) in [5.41, 5.74) is 2.75. The minimum Gasteiger partial charge on any atom is -0.491 e. The van der Waals surface area contributed by atoms with E-state index in [2.05, 4.69) is 10.6 Å². The maximum absolute atomic E-state index is 12.7. The second kappa shape index (κ2) is 11.5. The van der Waals surface area contributed by atoms with Crippen molar-refractivity contribution in [2.45, 2.75) is 0 Å². The van der Waals surface area contributed by atoms with Crippen molar-refractivity contribution in [3.8, 4) is 5.75 Å². The van der Waals surface area contributed by atoms with Gasteiger partial charge in [0.15, 0.2) is 0 Å². The van der Waals surface area contributed by atoms with Crippen LogP contribution < -0.4 is 20.3 Å². The molecule has 0 unspecified atom stereocenters. The number of hydrogen-bond donors (Lipinski definition) is 2. The molecule has 0 aromatic heterocycles. The highest BCUT2D eigenvalue weighted by Crippen LogP contribution is 2.18. The first-order valence-corrected chi connectivity index (χ1v) is 10.3. The Morgan fingerprint density at radius 2 is 1.62 bits per heavy atom. The fourth-order valence-electron chi connectivity index (χ4n) is 2.98. The zero-order valence-electron chi connectivity index (χ0n) is 18.2. The molecule has 166 valence electrons. The van der Waals surface area contributed by atoms with Crippen molar-refractivity contribution in [2.75, 3.05) is 49.4 Å². The summed E-state index contributed by atoms with van der Waals surface area (Å²) in [6, 6.07) is 23.6. The van der Waals surface area contributed by atoms with Crippen LogP contribution in [0.25, 0.3) is 0 Å². The van der Waals surface area contributed by atoms with Gasteiger partial charge >= 0.3 is 0 Å². The van der Waals surface area contributed by atoms with E-state index in [1.165, 1.54) is 0 Å². The molecule has 7 nitrogen and oxygen atoms in total. The fourth-order valence-corrected chi connectivity index (χ4v) is 2.98. The molecule has 0 aliphatic rings. The number of benzene rings is 3. The third-order valence-corrected chi connectivity index (χ3v) is 4.71. The molecule has 7 heteroatoms. The number of hydrogen-bond acceptors (Lipinski definition) is 5. The molecule has 0 fully saturated rings. The molecule has 0 saturated heterocycles.